The molecule has 4 nitrogen and oxygen atoms in total. The maximum absolute atomic E-state index is 12.6. The molecule has 0 amide bonds. The fraction of sp³-hybridized carbons (Fsp3) is 0.462. The Bertz CT molecular complexity index is 415. The van der Waals surface area contributed by atoms with Crippen molar-refractivity contribution in [3.63, 3.8) is 0 Å². The first kappa shape index (κ1) is 12.8. The zero-order valence-electron chi connectivity index (χ0n) is 9.88. The van der Waals surface area contributed by atoms with Crippen LogP contribution in [0.2, 0.25) is 0 Å². The fourth-order valence-electron chi connectivity index (χ4n) is 1.84. The number of nitrogens with two attached hydrogens (primary N) is 1. The van der Waals surface area contributed by atoms with Gasteiger partial charge in [-0.2, -0.15) is 0 Å². The van der Waals surface area contributed by atoms with E-state index in [-0.39, 0.29) is 12.5 Å². The number of aliphatic carboxylic acids is 1. The number of carboxylic acids is 1. The average molecular weight is 253 g/mol. The van der Waals surface area contributed by atoms with Crippen LogP contribution in [0.5, 0.6) is 5.75 Å². The maximum Gasteiger partial charge on any atom is 0.320 e. The van der Waals surface area contributed by atoms with Crippen molar-refractivity contribution in [1.82, 2.24) is 0 Å². The Morgan fingerprint density at radius 3 is 2.56 bits per heavy atom. The van der Waals surface area contributed by atoms with Gasteiger partial charge >= 0.3 is 5.97 Å². The first-order valence-corrected chi connectivity index (χ1v) is 5.92. The molecule has 1 aliphatic rings. The van der Waals surface area contributed by atoms with Gasteiger partial charge in [0.25, 0.3) is 0 Å². The van der Waals surface area contributed by atoms with Crippen molar-refractivity contribution < 1.29 is 19.0 Å². The van der Waals surface area contributed by atoms with E-state index >= 15 is 0 Å². The summed E-state index contributed by atoms with van der Waals surface area (Å²) in [6.45, 7) is 0. The molecule has 98 valence electrons. The summed E-state index contributed by atoms with van der Waals surface area (Å²) in [7, 11) is 0. The Morgan fingerprint density at radius 2 is 2.06 bits per heavy atom. The lowest BCUT2D eigenvalue weighted by atomic mass is 9.93. The molecule has 0 spiro atoms. The molecule has 0 heterocycles. The minimum absolute atomic E-state index is 0.0351. The number of halogens is 1. The maximum atomic E-state index is 12.6. The summed E-state index contributed by atoms with van der Waals surface area (Å²) in [5.41, 5.74) is 6.28. The first-order valence-electron chi connectivity index (χ1n) is 5.92. The molecule has 0 bridgehead atoms. The molecule has 3 N–H and O–H groups in total. The summed E-state index contributed by atoms with van der Waals surface area (Å²) in [5.74, 6) is -0.335. The van der Waals surface area contributed by atoms with E-state index in [4.69, 9.17) is 15.6 Å². The van der Waals surface area contributed by atoms with Gasteiger partial charge in [-0.3, -0.25) is 4.79 Å². The van der Waals surface area contributed by atoms with E-state index in [1.165, 1.54) is 0 Å². The first-order chi connectivity index (χ1) is 8.54. The normalized spacial score (nSPS) is 24.1. The smallest absolute Gasteiger partial charge is 0.320 e. The number of rotatable bonds is 5. The molecule has 0 radical (unpaired) electrons. The average Bonchev–Trinajstić information content (AvgIpc) is 2.29. The quantitative estimate of drug-likeness (QED) is 0.834. The van der Waals surface area contributed by atoms with Gasteiger partial charge in [-0.15, -0.1) is 0 Å². The van der Waals surface area contributed by atoms with Crippen molar-refractivity contribution in [2.75, 3.05) is 0 Å². The molecule has 1 saturated carbocycles. The van der Waals surface area contributed by atoms with Crippen LogP contribution in [0.15, 0.2) is 24.3 Å². The lowest BCUT2D eigenvalue weighted by Crippen LogP contribution is -2.34. The number of carboxylic acid groups (broad SMARTS) is 1. The lowest BCUT2D eigenvalue weighted by Gasteiger charge is -2.30. The Hall–Kier alpha value is -1.62. The molecule has 0 aromatic heterocycles. The number of ether oxygens (including phenoxy) is 1. The molecular formula is C13H16FNO3. The topological polar surface area (TPSA) is 72.5 Å². The Labute approximate surface area is 105 Å². The van der Waals surface area contributed by atoms with Crippen molar-refractivity contribution in [2.24, 2.45) is 5.73 Å². The van der Waals surface area contributed by atoms with E-state index in [1.807, 2.05) is 0 Å². The van der Waals surface area contributed by atoms with Crippen LogP contribution < -0.4 is 10.5 Å². The third kappa shape index (κ3) is 3.20. The van der Waals surface area contributed by atoms with Gasteiger partial charge in [0.1, 0.15) is 24.1 Å². The van der Waals surface area contributed by atoms with Crippen molar-refractivity contribution in [2.45, 2.75) is 37.6 Å². The van der Waals surface area contributed by atoms with E-state index < -0.39 is 18.2 Å². The third-order valence-electron chi connectivity index (χ3n) is 3.04. The highest BCUT2D eigenvalue weighted by molar-refractivity contribution is 5.73. The van der Waals surface area contributed by atoms with E-state index in [9.17, 15) is 9.18 Å². The number of carbonyl (C=O) groups is 1. The van der Waals surface area contributed by atoms with Crippen LogP contribution in [0.3, 0.4) is 0 Å². The van der Waals surface area contributed by atoms with Crippen molar-refractivity contribution in [3.05, 3.63) is 29.8 Å². The number of hydrogen-bond acceptors (Lipinski definition) is 3. The van der Waals surface area contributed by atoms with Crippen LogP contribution in [-0.2, 0) is 11.2 Å². The second kappa shape index (κ2) is 5.35. The molecular weight excluding hydrogens is 237 g/mol. The van der Waals surface area contributed by atoms with Crippen molar-refractivity contribution in [1.29, 1.82) is 0 Å². The van der Waals surface area contributed by atoms with Gasteiger partial charge in [0.15, 0.2) is 0 Å². The van der Waals surface area contributed by atoms with E-state index in [1.54, 1.807) is 24.3 Å². The standard InChI is InChI=1S/C13H16FNO3/c14-9-6-11(7-9)18-10-3-1-8(2-4-10)5-12(15)13(16)17/h1-4,9,11-12H,5-7,15H2,(H,16,17)/t9-,11+,12-/m0/s1. The minimum Gasteiger partial charge on any atom is -0.490 e. The minimum atomic E-state index is -1.02. The third-order valence-corrected chi connectivity index (χ3v) is 3.04. The monoisotopic (exact) mass is 253 g/mol. The molecule has 1 atom stereocenters. The zero-order valence-corrected chi connectivity index (χ0v) is 9.88. The molecule has 18 heavy (non-hydrogen) atoms. The number of benzene rings is 1. The largest absolute Gasteiger partial charge is 0.490 e. The van der Waals surface area contributed by atoms with Crippen LogP contribution in [0.1, 0.15) is 18.4 Å². The second-order valence-electron chi connectivity index (χ2n) is 4.60. The van der Waals surface area contributed by atoms with Crippen molar-refractivity contribution in [3.8, 4) is 5.75 Å². The summed E-state index contributed by atoms with van der Waals surface area (Å²) >= 11 is 0. The van der Waals surface area contributed by atoms with E-state index in [0.717, 1.165) is 5.56 Å². The van der Waals surface area contributed by atoms with Crippen LogP contribution in [-0.4, -0.2) is 29.4 Å². The molecule has 0 aliphatic heterocycles. The highest BCUT2D eigenvalue weighted by Crippen LogP contribution is 2.28. The number of hydrogen-bond donors (Lipinski definition) is 2. The molecule has 5 heteroatoms. The molecule has 1 fully saturated rings. The van der Waals surface area contributed by atoms with Gasteiger partial charge in [0.05, 0.1) is 0 Å². The molecule has 0 unspecified atom stereocenters. The number of alkyl halides is 1. The van der Waals surface area contributed by atoms with E-state index in [0.29, 0.717) is 18.6 Å². The fourth-order valence-corrected chi connectivity index (χ4v) is 1.84. The SMILES string of the molecule is N[C@@H](Cc1ccc(O[C@H]2C[C@@H](F)C2)cc1)C(=O)O. The van der Waals surface area contributed by atoms with Gasteiger partial charge in [-0.05, 0) is 24.1 Å². The highest BCUT2D eigenvalue weighted by atomic mass is 19.1. The summed E-state index contributed by atoms with van der Waals surface area (Å²) in [5, 5.41) is 8.70. The molecule has 2 rings (SSSR count). The van der Waals surface area contributed by atoms with Crippen LogP contribution in [0.25, 0.3) is 0 Å². The summed E-state index contributed by atoms with van der Waals surface area (Å²) < 4.78 is 18.1. The lowest BCUT2D eigenvalue weighted by molar-refractivity contribution is -0.138. The zero-order chi connectivity index (χ0) is 13.1. The Morgan fingerprint density at radius 1 is 1.44 bits per heavy atom. The highest BCUT2D eigenvalue weighted by Gasteiger charge is 2.30. The predicted molar refractivity (Wildman–Crippen MR) is 64.3 cm³/mol. The van der Waals surface area contributed by atoms with E-state index in [2.05, 4.69) is 0 Å². The van der Waals surface area contributed by atoms with Crippen molar-refractivity contribution >= 4 is 5.97 Å². The van der Waals surface area contributed by atoms with Crippen LogP contribution >= 0.6 is 0 Å². The summed E-state index contributed by atoms with van der Waals surface area (Å²) in [6.07, 6.45) is 0.415. The van der Waals surface area contributed by atoms with Gasteiger partial charge < -0.3 is 15.6 Å². The van der Waals surface area contributed by atoms with Gasteiger partial charge in [0, 0.05) is 12.8 Å². The summed E-state index contributed by atoms with van der Waals surface area (Å²) in [6, 6.07) is 6.19. The second-order valence-corrected chi connectivity index (χ2v) is 4.60. The van der Waals surface area contributed by atoms with Gasteiger partial charge in [-0.1, -0.05) is 12.1 Å². The predicted octanol–water partition coefficient (Wildman–Crippen LogP) is 1.52. The van der Waals surface area contributed by atoms with Gasteiger partial charge in [-0.25, -0.2) is 4.39 Å². The summed E-state index contributed by atoms with van der Waals surface area (Å²) in [4.78, 5) is 10.6. The molecule has 1 aromatic carbocycles. The van der Waals surface area contributed by atoms with Gasteiger partial charge in [0.2, 0.25) is 0 Å². The molecule has 0 saturated heterocycles. The molecule has 1 aliphatic carbocycles. The van der Waals surface area contributed by atoms with Crippen LogP contribution in [0.4, 0.5) is 4.39 Å². The Balaban J connectivity index is 1.87. The Kier molecular flexibility index (Phi) is 3.81. The molecule has 1 aromatic rings. The van der Waals surface area contributed by atoms with Crippen LogP contribution in [0, 0.1) is 0 Å².